The molecule has 0 spiro atoms. The van der Waals surface area contributed by atoms with Crippen molar-refractivity contribution in [2.45, 2.75) is 103 Å². The van der Waals surface area contributed by atoms with Crippen molar-refractivity contribution >= 4 is 35.6 Å². The van der Waals surface area contributed by atoms with Gasteiger partial charge in [-0.05, 0) is 117 Å². The van der Waals surface area contributed by atoms with Gasteiger partial charge in [-0.1, -0.05) is 32.0 Å². The van der Waals surface area contributed by atoms with E-state index in [2.05, 4.69) is 68.3 Å². The summed E-state index contributed by atoms with van der Waals surface area (Å²) in [5.41, 5.74) is 7.58. The van der Waals surface area contributed by atoms with Crippen LogP contribution in [0.4, 0.5) is 4.79 Å². The van der Waals surface area contributed by atoms with Crippen LogP contribution in [0.1, 0.15) is 96.1 Å². The van der Waals surface area contributed by atoms with Gasteiger partial charge in [-0.25, -0.2) is 9.78 Å². The highest BCUT2D eigenvalue weighted by Gasteiger charge is 2.53. The summed E-state index contributed by atoms with van der Waals surface area (Å²) in [6.07, 6.45) is 4.68. The number of likely N-dealkylation sites (tertiary alicyclic amines) is 1. The average Bonchev–Trinajstić information content (AvgIpc) is 3.73. The molecule has 2 N–H and O–H groups in total. The monoisotopic (exact) mass is 612 g/mol. The zero-order chi connectivity index (χ0) is 31.8. The van der Waals surface area contributed by atoms with E-state index in [-0.39, 0.29) is 36.2 Å². The van der Waals surface area contributed by atoms with Crippen molar-refractivity contribution in [3.8, 4) is 11.1 Å². The molecule has 238 valence electrons. The number of hydrogen-bond acceptors (Lipinski definition) is 6. The Kier molecular flexibility index (Phi) is 7.32. The lowest BCUT2D eigenvalue weighted by Crippen LogP contribution is -2.51. The number of amides is 2. The largest absolute Gasteiger partial charge is 0.495 e. The zero-order valence-corrected chi connectivity index (χ0v) is 27.5. The molecule has 2 saturated heterocycles. The van der Waals surface area contributed by atoms with E-state index in [1.807, 2.05) is 18.7 Å². The van der Waals surface area contributed by atoms with Gasteiger partial charge in [0, 0.05) is 6.54 Å². The van der Waals surface area contributed by atoms with E-state index in [4.69, 9.17) is 19.0 Å². The van der Waals surface area contributed by atoms with E-state index in [9.17, 15) is 9.59 Å². The van der Waals surface area contributed by atoms with Crippen LogP contribution in [0, 0.1) is 11.8 Å². The Morgan fingerprint density at radius 1 is 1.09 bits per heavy atom. The summed E-state index contributed by atoms with van der Waals surface area (Å²) in [7, 11) is 0.953. The Morgan fingerprint density at radius 2 is 1.84 bits per heavy atom. The molecule has 1 saturated carbocycles. The number of ether oxygens (including phenoxy) is 1. The Hall–Kier alpha value is -3.37. The van der Waals surface area contributed by atoms with Gasteiger partial charge in [0.2, 0.25) is 5.91 Å². The van der Waals surface area contributed by atoms with Crippen LogP contribution in [0.25, 0.3) is 22.2 Å². The van der Waals surface area contributed by atoms with Gasteiger partial charge < -0.3 is 29.2 Å². The molecule has 3 heterocycles. The van der Waals surface area contributed by atoms with E-state index in [1.54, 1.807) is 0 Å². The van der Waals surface area contributed by atoms with Crippen molar-refractivity contribution in [3.05, 3.63) is 47.3 Å². The van der Waals surface area contributed by atoms with Crippen molar-refractivity contribution < 1.29 is 23.6 Å². The number of rotatable bonds is 6. The number of benzene rings is 2. The van der Waals surface area contributed by atoms with Crippen LogP contribution in [-0.2, 0) is 25.3 Å². The number of imidazole rings is 1. The molecule has 4 unspecified atom stereocenters. The molecule has 0 bridgehead atoms. The van der Waals surface area contributed by atoms with Gasteiger partial charge in [-0.2, -0.15) is 0 Å². The summed E-state index contributed by atoms with van der Waals surface area (Å²) < 4.78 is 17.8. The normalized spacial score (nSPS) is 25.3. The lowest BCUT2D eigenvalue weighted by atomic mass is 9.72. The van der Waals surface area contributed by atoms with Gasteiger partial charge in [-0.3, -0.25) is 4.79 Å². The third-order valence-corrected chi connectivity index (χ3v) is 11.2. The summed E-state index contributed by atoms with van der Waals surface area (Å²) >= 11 is 0. The van der Waals surface area contributed by atoms with Gasteiger partial charge in [0.05, 0.1) is 35.4 Å². The number of carbonyl (C=O) groups excluding carboxylic acids is 2. The smallest absolute Gasteiger partial charge is 0.453 e. The first-order valence-corrected chi connectivity index (χ1v) is 16.5. The first-order chi connectivity index (χ1) is 21.4. The minimum absolute atomic E-state index is 0.0794. The van der Waals surface area contributed by atoms with E-state index in [0.29, 0.717) is 18.4 Å². The maximum Gasteiger partial charge on any atom is 0.495 e. The third-order valence-electron chi connectivity index (χ3n) is 11.2. The van der Waals surface area contributed by atoms with Crippen molar-refractivity contribution in [2.75, 3.05) is 13.7 Å². The molecular formula is C35H45BN4O5. The van der Waals surface area contributed by atoms with Crippen LogP contribution < -0.4 is 10.8 Å². The highest BCUT2D eigenvalue weighted by Crippen LogP contribution is 2.54. The summed E-state index contributed by atoms with van der Waals surface area (Å²) in [4.78, 5) is 36.0. The van der Waals surface area contributed by atoms with E-state index in [1.165, 1.54) is 47.7 Å². The number of methoxy groups -OCH3 is 1. The van der Waals surface area contributed by atoms with Crippen LogP contribution in [-0.4, -0.2) is 64.9 Å². The van der Waals surface area contributed by atoms with Crippen molar-refractivity contribution in [1.82, 2.24) is 20.2 Å². The molecule has 2 aromatic carbocycles. The molecule has 4 aliphatic rings. The minimum atomic E-state index is -0.661. The second kappa shape index (κ2) is 10.9. The standard InChI is InChI=1S/C35H45BN4O5/c1-19(2)30(39-33(42)43-7)32(41)40-16-8-9-28(40)31-37-26-15-11-21(18-27(26)38-31)23-13-14-25(24-17-20-10-12-22(20)29(23)24)36-44-34(3,4)35(5,6)45-36/h11,13-15,18-20,22,28,30H,8-10,12,16-17H2,1-7H3,(H,37,38)(H,39,42). The maximum atomic E-state index is 13.6. The second-order valence-corrected chi connectivity index (χ2v) is 14.7. The molecular weight excluding hydrogens is 567 g/mol. The zero-order valence-electron chi connectivity index (χ0n) is 27.5. The molecule has 7 rings (SSSR count). The lowest BCUT2D eigenvalue weighted by Gasteiger charge is -2.32. The van der Waals surface area contributed by atoms with Gasteiger partial charge >= 0.3 is 13.2 Å². The Labute approximate surface area is 265 Å². The Bertz CT molecular complexity index is 1650. The highest BCUT2D eigenvalue weighted by molar-refractivity contribution is 6.62. The predicted molar refractivity (Wildman–Crippen MR) is 174 cm³/mol. The molecule has 10 heteroatoms. The fourth-order valence-electron chi connectivity index (χ4n) is 7.78. The van der Waals surface area contributed by atoms with Gasteiger partial charge in [0.15, 0.2) is 0 Å². The average molecular weight is 613 g/mol. The van der Waals surface area contributed by atoms with E-state index >= 15 is 0 Å². The molecule has 2 aliphatic heterocycles. The number of aromatic nitrogens is 2. The SMILES string of the molecule is COC(=O)NC(C(=O)N1CCCC1c1nc2ccc(-c3ccc(B4OC(C)(C)C(C)(C)O4)c4c3C3CCC3C4)cc2[nH]1)C(C)C. The molecule has 45 heavy (non-hydrogen) atoms. The highest BCUT2D eigenvalue weighted by atomic mass is 16.7. The maximum absolute atomic E-state index is 13.6. The first-order valence-electron chi connectivity index (χ1n) is 16.5. The number of nitrogens with zero attached hydrogens (tertiary/aromatic N) is 2. The number of carbonyl (C=O) groups is 2. The lowest BCUT2D eigenvalue weighted by molar-refractivity contribution is -0.135. The summed E-state index contributed by atoms with van der Waals surface area (Å²) in [5, 5.41) is 2.73. The summed E-state index contributed by atoms with van der Waals surface area (Å²) in [6.45, 7) is 12.9. The van der Waals surface area contributed by atoms with Gasteiger partial charge in [0.1, 0.15) is 11.9 Å². The fraction of sp³-hybridized carbons (Fsp3) is 0.571. The molecule has 1 aromatic heterocycles. The van der Waals surface area contributed by atoms with Crippen LogP contribution >= 0.6 is 0 Å². The Morgan fingerprint density at radius 3 is 2.51 bits per heavy atom. The number of fused-ring (bicyclic) bond motifs is 4. The number of hydrogen-bond donors (Lipinski definition) is 2. The molecule has 2 aliphatic carbocycles. The quantitative estimate of drug-likeness (QED) is 0.350. The molecule has 3 fully saturated rings. The Balaban J connectivity index is 1.20. The van der Waals surface area contributed by atoms with Crippen LogP contribution in [0.15, 0.2) is 30.3 Å². The van der Waals surface area contributed by atoms with E-state index in [0.717, 1.165) is 36.1 Å². The predicted octanol–water partition coefficient (Wildman–Crippen LogP) is 5.62. The summed E-state index contributed by atoms with van der Waals surface area (Å²) in [6, 6.07) is 10.1. The van der Waals surface area contributed by atoms with Crippen LogP contribution in [0.2, 0.25) is 0 Å². The van der Waals surface area contributed by atoms with Crippen molar-refractivity contribution in [3.63, 3.8) is 0 Å². The van der Waals surface area contributed by atoms with E-state index < -0.39 is 12.1 Å². The molecule has 0 radical (unpaired) electrons. The number of alkyl carbamates (subject to hydrolysis) is 1. The second-order valence-electron chi connectivity index (χ2n) is 14.7. The third kappa shape index (κ3) is 4.96. The molecule has 2 amide bonds. The van der Waals surface area contributed by atoms with Crippen molar-refractivity contribution in [2.24, 2.45) is 11.8 Å². The van der Waals surface area contributed by atoms with Crippen LogP contribution in [0.3, 0.4) is 0 Å². The van der Waals surface area contributed by atoms with Gasteiger partial charge in [-0.15, -0.1) is 0 Å². The number of H-pyrrole nitrogens is 1. The first kappa shape index (κ1) is 30.3. The molecule has 4 atom stereocenters. The van der Waals surface area contributed by atoms with Crippen molar-refractivity contribution in [1.29, 1.82) is 0 Å². The number of nitrogens with one attached hydrogen (secondary N) is 2. The summed E-state index contributed by atoms with van der Waals surface area (Å²) in [5.74, 6) is 1.87. The number of aromatic amines is 1. The molecule has 9 nitrogen and oxygen atoms in total. The minimum Gasteiger partial charge on any atom is -0.453 e. The topological polar surface area (TPSA) is 106 Å². The fourth-order valence-corrected chi connectivity index (χ4v) is 7.78. The van der Waals surface area contributed by atoms with Crippen LogP contribution in [0.5, 0.6) is 0 Å². The van der Waals surface area contributed by atoms with Gasteiger partial charge in [0.25, 0.3) is 0 Å². The molecule has 3 aromatic rings.